The fraction of sp³-hybridized carbons (Fsp3) is 0.636. The van der Waals surface area contributed by atoms with E-state index in [1.54, 1.807) is 0 Å². The summed E-state index contributed by atoms with van der Waals surface area (Å²) in [4.78, 5) is 26.6. The van der Waals surface area contributed by atoms with Gasteiger partial charge in [-0.15, -0.1) is 0 Å². The van der Waals surface area contributed by atoms with E-state index in [0.717, 1.165) is 25.9 Å². The molecule has 0 spiro atoms. The average Bonchev–Trinajstić information content (AvgIpc) is 2.74. The largest absolute Gasteiger partial charge is 0.489 e. The number of carbonyl (C=O) groups excluding carboxylic acids is 2. The van der Waals surface area contributed by atoms with Crippen LogP contribution in [-0.4, -0.2) is 49.1 Å². The lowest BCUT2D eigenvalue weighted by Gasteiger charge is -2.31. The molecule has 1 aromatic carbocycles. The van der Waals surface area contributed by atoms with Gasteiger partial charge in [-0.2, -0.15) is 0 Å². The number of nitrogens with one attached hydrogen (secondary N) is 1. The lowest BCUT2D eigenvalue weighted by Crippen LogP contribution is -2.41. The number of rotatable bonds is 7. The Bertz CT molecular complexity index is 650. The molecular formula is C22H32N2O4. The van der Waals surface area contributed by atoms with Crippen LogP contribution in [0.5, 0.6) is 5.75 Å². The van der Waals surface area contributed by atoms with Crippen molar-refractivity contribution in [3.05, 3.63) is 24.3 Å². The fourth-order valence-electron chi connectivity index (χ4n) is 3.82. The van der Waals surface area contributed by atoms with E-state index in [4.69, 9.17) is 9.47 Å². The first-order chi connectivity index (χ1) is 13.7. The van der Waals surface area contributed by atoms with Gasteiger partial charge < -0.3 is 19.7 Å². The first-order valence-corrected chi connectivity index (χ1v) is 10.6. The number of benzene rings is 1. The van der Waals surface area contributed by atoms with Crippen molar-refractivity contribution in [2.75, 3.05) is 31.6 Å². The third-order valence-electron chi connectivity index (χ3n) is 5.53. The topological polar surface area (TPSA) is 67.9 Å². The minimum Gasteiger partial charge on any atom is -0.489 e. The molecule has 1 atom stereocenters. The Morgan fingerprint density at radius 2 is 1.96 bits per heavy atom. The minimum absolute atomic E-state index is 0.00700. The van der Waals surface area contributed by atoms with E-state index < -0.39 is 0 Å². The molecular weight excluding hydrogens is 356 g/mol. The molecule has 6 heteroatoms. The highest BCUT2D eigenvalue weighted by atomic mass is 16.5. The molecule has 0 bridgehead atoms. The number of likely N-dealkylation sites (tertiary alicyclic amines) is 1. The summed E-state index contributed by atoms with van der Waals surface area (Å²) in [7, 11) is 0. The van der Waals surface area contributed by atoms with Gasteiger partial charge in [-0.3, -0.25) is 9.59 Å². The number of hydrogen-bond donors (Lipinski definition) is 1. The zero-order chi connectivity index (χ0) is 19.8. The van der Waals surface area contributed by atoms with Gasteiger partial charge in [-0.25, -0.2) is 0 Å². The normalized spacial score (nSPS) is 20.6. The summed E-state index contributed by atoms with van der Waals surface area (Å²) in [6.07, 6.45) is 6.30. The van der Waals surface area contributed by atoms with Gasteiger partial charge in [0.1, 0.15) is 12.4 Å². The predicted molar refractivity (Wildman–Crippen MR) is 108 cm³/mol. The van der Waals surface area contributed by atoms with Crippen molar-refractivity contribution >= 4 is 17.5 Å². The molecule has 2 amide bonds. The smallest absolute Gasteiger partial charge is 0.227 e. The van der Waals surface area contributed by atoms with Gasteiger partial charge in [0.05, 0.1) is 11.8 Å². The lowest BCUT2D eigenvalue weighted by molar-refractivity contribution is -0.134. The van der Waals surface area contributed by atoms with Crippen molar-refractivity contribution in [1.82, 2.24) is 4.90 Å². The van der Waals surface area contributed by atoms with Crippen LogP contribution in [0.1, 0.15) is 51.9 Å². The summed E-state index contributed by atoms with van der Waals surface area (Å²) in [5.74, 6) is 0.818. The van der Waals surface area contributed by atoms with Crippen LogP contribution in [0.15, 0.2) is 24.3 Å². The van der Waals surface area contributed by atoms with Crippen LogP contribution >= 0.6 is 0 Å². The summed E-state index contributed by atoms with van der Waals surface area (Å²) in [5.41, 5.74) is 0.702. The van der Waals surface area contributed by atoms with E-state index in [9.17, 15) is 9.59 Å². The summed E-state index contributed by atoms with van der Waals surface area (Å²) in [6, 6.07) is 7.55. The number of piperidine rings is 1. The Hall–Kier alpha value is -2.08. The quantitative estimate of drug-likeness (QED) is 0.775. The minimum atomic E-state index is -0.0691. The van der Waals surface area contributed by atoms with Crippen LogP contribution in [-0.2, 0) is 14.3 Å². The van der Waals surface area contributed by atoms with Crippen LogP contribution in [0, 0.1) is 5.92 Å². The van der Waals surface area contributed by atoms with Crippen molar-refractivity contribution in [3.63, 3.8) is 0 Å². The standard InChI is InChI=1S/C22H32N2O4/c1-2-7-21(25)24-13-11-17(12-14-24)22(26)23-19-9-3-4-10-20(19)28-16-18-8-5-6-15-27-18/h3-4,9-10,17-18H,2,5-8,11-16H2,1H3,(H,23,26). The monoisotopic (exact) mass is 388 g/mol. The van der Waals surface area contributed by atoms with Gasteiger partial charge in [0.15, 0.2) is 0 Å². The summed E-state index contributed by atoms with van der Waals surface area (Å²) < 4.78 is 11.7. The van der Waals surface area contributed by atoms with Crippen molar-refractivity contribution in [3.8, 4) is 5.75 Å². The molecule has 0 saturated carbocycles. The maximum atomic E-state index is 12.7. The highest BCUT2D eigenvalue weighted by molar-refractivity contribution is 5.94. The molecule has 1 N–H and O–H groups in total. The highest BCUT2D eigenvalue weighted by Gasteiger charge is 2.27. The molecule has 1 aromatic rings. The van der Waals surface area contributed by atoms with Crippen LogP contribution in [0.2, 0.25) is 0 Å². The molecule has 0 radical (unpaired) electrons. The van der Waals surface area contributed by atoms with E-state index >= 15 is 0 Å². The van der Waals surface area contributed by atoms with Crippen LogP contribution in [0.25, 0.3) is 0 Å². The van der Waals surface area contributed by atoms with Crippen molar-refractivity contribution in [2.45, 2.75) is 58.0 Å². The second kappa shape index (κ2) is 10.5. The number of hydrogen-bond acceptors (Lipinski definition) is 4. The van der Waals surface area contributed by atoms with Crippen molar-refractivity contribution < 1.29 is 19.1 Å². The molecule has 2 aliphatic heterocycles. The maximum Gasteiger partial charge on any atom is 0.227 e. The van der Waals surface area contributed by atoms with Crippen LogP contribution in [0.4, 0.5) is 5.69 Å². The molecule has 2 aliphatic rings. The van der Waals surface area contributed by atoms with Gasteiger partial charge in [0, 0.05) is 32.0 Å². The molecule has 0 aliphatic carbocycles. The van der Waals surface area contributed by atoms with E-state index in [1.807, 2.05) is 36.1 Å². The molecule has 1 unspecified atom stereocenters. The first kappa shape index (κ1) is 20.6. The molecule has 28 heavy (non-hydrogen) atoms. The number of para-hydroxylation sites is 2. The SMILES string of the molecule is CCCC(=O)N1CCC(C(=O)Nc2ccccc2OCC2CCCCO2)CC1. The third kappa shape index (κ3) is 5.71. The lowest BCUT2D eigenvalue weighted by atomic mass is 9.95. The first-order valence-electron chi connectivity index (χ1n) is 10.6. The highest BCUT2D eigenvalue weighted by Crippen LogP contribution is 2.27. The molecule has 2 saturated heterocycles. The maximum absolute atomic E-state index is 12.7. The number of amides is 2. The fourth-order valence-corrected chi connectivity index (χ4v) is 3.82. The second-order valence-corrected chi connectivity index (χ2v) is 7.69. The summed E-state index contributed by atoms with van der Waals surface area (Å²) in [5, 5.41) is 3.03. The Balaban J connectivity index is 1.51. The molecule has 6 nitrogen and oxygen atoms in total. The van der Waals surface area contributed by atoms with E-state index in [0.29, 0.717) is 50.4 Å². The number of ether oxygens (including phenoxy) is 2. The number of nitrogens with zero attached hydrogens (tertiary/aromatic N) is 1. The van der Waals surface area contributed by atoms with Gasteiger partial charge >= 0.3 is 0 Å². The van der Waals surface area contributed by atoms with Crippen molar-refractivity contribution in [1.29, 1.82) is 0 Å². The van der Waals surface area contributed by atoms with E-state index in [2.05, 4.69) is 5.32 Å². The summed E-state index contributed by atoms with van der Waals surface area (Å²) >= 11 is 0. The Morgan fingerprint density at radius 3 is 2.68 bits per heavy atom. The van der Waals surface area contributed by atoms with Crippen LogP contribution < -0.4 is 10.1 Å². The Morgan fingerprint density at radius 1 is 1.18 bits per heavy atom. The zero-order valence-corrected chi connectivity index (χ0v) is 16.8. The van der Waals surface area contributed by atoms with Gasteiger partial charge in [-0.05, 0) is 50.7 Å². The molecule has 154 valence electrons. The molecule has 2 fully saturated rings. The predicted octanol–water partition coefficient (Wildman–Crippen LogP) is 3.61. The van der Waals surface area contributed by atoms with Crippen molar-refractivity contribution in [2.24, 2.45) is 5.92 Å². The van der Waals surface area contributed by atoms with Crippen LogP contribution in [0.3, 0.4) is 0 Å². The van der Waals surface area contributed by atoms with Gasteiger partial charge in [0.2, 0.25) is 11.8 Å². The summed E-state index contributed by atoms with van der Waals surface area (Å²) in [6.45, 7) is 4.64. The zero-order valence-electron chi connectivity index (χ0n) is 16.8. The molecule has 2 heterocycles. The average molecular weight is 389 g/mol. The Kier molecular flexibility index (Phi) is 7.71. The molecule has 3 rings (SSSR count). The number of anilines is 1. The van der Waals surface area contributed by atoms with Gasteiger partial charge in [-0.1, -0.05) is 19.1 Å². The van der Waals surface area contributed by atoms with Gasteiger partial charge in [0.25, 0.3) is 0 Å². The third-order valence-corrected chi connectivity index (χ3v) is 5.53. The molecule has 0 aromatic heterocycles. The van der Waals surface area contributed by atoms with E-state index in [1.165, 1.54) is 6.42 Å². The second-order valence-electron chi connectivity index (χ2n) is 7.69. The number of carbonyl (C=O) groups is 2. The Labute approximate surface area is 167 Å². The van der Waals surface area contributed by atoms with E-state index in [-0.39, 0.29) is 23.8 Å².